The summed E-state index contributed by atoms with van der Waals surface area (Å²) < 4.78 is 0. The van der Waals surface area contributed by atoms with Crippen molar-refractivity contribution in [2.45, 2.75) is 39.3 Å². The van der Waals surface area contributed by atoms with E-state index in [1.54, 1.807) is 19.2 Å². The summed E-state index contributed by atoms with van der Waals surface area (Å²) in [5.74, 6) is 0.634. The van der Waals surface area contributed by atoms with Crippen LogP contribution in [0.3, 0.4) is 0 Å². The molecule has 1 aliphatic rings. The molecule has 2 amide bonds. The summed E-state index contributed by atoms with van der Waals surface area (Å²) in [7, 11) is 1.68. The number of nitrogens with zero attached hydrogens (tertiary/aromatic N) is 3. The van der Waals surface area contributed by atoms with Crippen molar-refractivity contribution in [3.63, 3.8) is 0 Å². The van der Waals surface area contributed by atoms with E-state index in [1.165, 1.54) is 12.1 Å². The predicted molar refractivity (Wildman–Crippen MR) is 109 cm³/mol. The summed E-state index contributed by atoms with van der Waals surface area (Å²) in [6.07, 6.45) is 0. The largest absolute Gasteiger partial charge is 0.508 e. The van der Waals surface area contributed by atoms with Gasteiger partial charge in [-0.3, -0.25) is 14.6 Å². The molecule has 8 heteroatoms. The van der Waals surface area contributed by atoms with E-state index in [0.717, 1.165) is 0 Å². The number of phenols is 1. The third-order valence-corrected chi connectivity index (χ3v) is 4.68. The van der Waals surface area contributed by atoms with Gasteiger partial charge in [-0.05, 0) is 52.0 Å². The molecule has 1 aromatic carbocycles. The molecule has 3 N–H and O–H groups in total. The van der Waals surface area contributed by atoms with Gasteiger partial charge >= 0.3 is 0 Å². The number of carbonyl (C=O) groups excluding carboxylic acids is 2. The highest BCUT2D eigenvalue weighted by Crippen LogP contribution is 2.24. The average Bonchev–Trinajstić information content (AvgIpc) is 2.60. The van der Waals surface area contributed by atoms with Gasteiger partial charge < -0.3 is 25.5 Å². The third kappa shape index (κ3) is 5.15. The minimum absolute atomic E-state index is 0.0785. The van der Waals surface area contributed by atoms with Crippen molar-refractivity contribution in [3.8, 4) is 5.75 Å². The zero-order valence-electron chi connectivity index (χ0n) is 17.3. The van der Waals surface area contributed by atoms with Crippen LogP contribution in [0, 0.1) is 0 Å². The molecule has 1 fully saturated rings. The highest BCUT2D eigenvalue weighted by Gasteiger charge is 2.40. The average molecular weight is 390 g/mol. The molecule has 28 heavy (non-hydrogen) atoms. The highest BCUT2D eigenvalue weighted by molar-refractivity contribution is 5.94. The predicted octanol–water partition coefficient (Wildman–Crippen LogP) is 1.03. The van der Waals surface area contributed by atoms with E-state index in [2.05, 4.69) is 29.5 Å². The van der Waals surface area contributed by atoms with E-state index < -0.39 is 0 Å². The smallest absolute Gasteiger partial charge is 0.251 e. The Bertz CT molecular complexity index is 728. The van der Waals surface area contributed by atoms with Crippen molar-refractivity contribution in [1.82, 2.24) is 20.4 Å². The second-order valence-corrected chi connectivity index (χ2v) is 7.80. The summed E-state index contributed by atoms with van der Waals surface area (Å²) in [5, 5.41) is 15.3. The minimum Gasteiger partial charge on any atom is -0.508 e. The molecule has 0 unspecified atom stereocenters. The maximum Gasteiger partial charge on any atom is 0.251 e. The van der Waals surface area contributed by atoms with Crippen molar-refractivity contribution >= 4 is 17.8 Å². The molecule has 2 rings (SSSR count). The SMILES string of the molecule is CN=C(NCCNC(=O)c1ccc(O)cc1)N1CC(=O)N(C(C)C)C(C)(C)C1. The van der Waals surface area contributed by atoms with Crippen molar-refractivity contribution < 1.29 is 14.7 Å². The second-order valence-electron chi connectivity index (χ2n) is 7.80. The van der Waals surface area contributed by atoms with E-state index in [9.17, 15) is 14.7 Å². The molecule has 0 aromatic heterocycles. The molecule has 0 atom stereocenters. The number of piperazine rings is 1. The number of rotatable bonds is 5. The van der Waals surface area contributed by atoms with Gasteiger partial charge in [0.25, 0.3) is 5.91 Å². The van der Waals surface area contributed by atoms with Crippen LogP contribution in [0.2, 0.25) is 0 Å². The lowest BCUT2D eigenvalue weighted by atomic mass is 9.96. The lowest BCUT2D eigenvalue weighted by Gasteiger charge is -2.49. The van der Waals surface area contributed by atoms with Crippen molar-refractivity contribution in [2.24, 2.45) is 4.99 Å². The normalized spacial score (nSPS) is 17.1. The molecule has 1 heterocycles. The van der Waals surface area contributed by atoms with Crippen LogP contribution in [0.1, 0.15) is 38.1 Å². The van der Waals surface area contributed by atoms with Crippen LogP contribution >= 0.6 is 0 Å². The van der Waals surface area contributed by atoms with Crippen LogP contribution in [0.25, 0.3) is 0 Å². The van der Waals surface area contributed by atoms with Gasteiger partial charge in [0.1, 0.15) is 5.75 Å². The number of hydrogen-bond donors (Lipinski definition) is 3. The van der Waals surface area contributed by atoms with Gasteiger partial charge in [-0.1, -0.05) is 0 Å². The van der Waals surface area contributed by atoms with Gasteiger partial charge in [0, 0.05) is 38.3 Å². The summed E-state index contributed by atoms with van der Waals surface area (Å²) in [6, 6.07) is 6.24. The first-order valence-corrected chi connectivity index (χ1v) is 9.50. The van der Waals surface area contributed by atoms with Crippen molar-refractivity contribution in [3.05, 3.63) is 29.8 Å². The van der Waals surface area contributed by atoms with Gasteiger partial charge in [0.15, 0.2) is 5.96 Å². The number of aromatic hydroxyl groups is 1. The van der Waals surface area contributed by atoms with E-state index in [1.807, 2.05) is 23.6 Å². The molecular weight excluding hydrogens is 358 g/mol. The van der Waals surface area contributed by atoms with E-state index >= 15 is 0 Å². The Hall–Kier alpha value is -2.77. The Morgan fingerprint density at radius 2 is 1.82 bits per heavy atom. The third-order valence-electron chi connectivity index (χ3n) is 4.68. The molecule has 154 valence electrons. The number of amides is 2. The van der Waals surface area contributed by atoms with Crippen LogP contribution in [0.4, 0.5) is 0 Å². The van der Waals surface area contributed by atoms with Crippen LogP contribution in [0.15, 0.2) is 29.3 Å². The molecule has 0 aliphatic carbocycles. The number of hydrogen-bond acceptors (Lipinski definition) is 4. The fourth-order valence-corrected chi connectivity index (χ4v) is 3.71. The molecule has 1 aliphatic heterocycles. The molecule has 0 bridgehead atoms. The molecule has 0 saturated carbocycles. The zero-order chi connectivity index (χ0) is 20.9. The second kappa shape index (κ2) is 8.95. The van der Waals surface area contributed by atoms with Crippen LogP contribution in [-0.4, -0.2) is 77.5 Å². The molecule has 0 spiro atoms. The first-order valence-electron chi connectivity index (χ1n) is 9.50. The number of phenolic OH excluding ortho intramolecular Hbond substituents is 1. The van der Waals surface area contributed by atoms with Crippen molar-refractivity contribution in [2.75, 3.05) is 33.2 Å². The summed E-state index contributed by atoms with van der Waals surface area (Å²) in [4.78, 5) is 32.9. The first kappa shape index (κ1) is 21.5. The van der Waals surface area contributed by atoms with E-state index in [4.69, 9.17) is 0 Å². The number of nitrogens with one attached hydrogen (secondary N) is 2. The lowest BCUT2D eigenvalue weighted by molar-refractivity contribution is -0.145. The van der Waals surface area contributed by atoms with Gasteiger partial charge in [-0.25, -0.2) is 0 Å². The highest BCUT2D eigenvalue weighted by atomic mass is 16.3. The molecule has 1 aromatic rings. The van der Waals surface area contributed by atoms with Crippen LogP contribution in [0.5, 0.6) is 5.75 Å². The monoisotopic (exact) mass is 389 g/mol. The molecule has 0 radical (unpaired) electrons. The quantitative estimate of drug-likeness (QED) is 0.397. The van der Waals surface area contributed by atoms with Crippen molar-refractivity contribution in [1.29, 1.82) is 0 Å². The maximum absolute atomic E-state index is 12.6. The lowest BCUT2D eigenvalue weighted by Crippen LogP contribution is -2.66. The Labute approximate surface area is 166 Å². The Balaban J connectivity index is 1.87. The Kier molecular flexibility index (Phi) is 6.88. The van der Waals surface area contributed by atoms with Gasteiger partial charge in [0.05, 0.1) is 12.1 Å². The van der Waals surface area contributed by atoms with E-state index in [0.29, 0.717) is 31.2 Å². The first-order chi connectivity index (χ1) is 13.2. The summed E-state index contributed by atoms with van der Waals surface area (Å²) in [5.41, 5.74) is 0.188. The number of carbonyl (C=O) groups is 2. The number of aliphatic imine (C=N–C) groups is 1. The Morgan fingerprint density at radius 3 is 2.36 bits per heavy atom. The standard InChI is InChI=1S/C20H31N5O3/c1-14(2)25-17(27)12-24(13-20(25,3)4)19(21-5)23-11-10-22-18(28)15-6-8-16(26)9-7-15/h6-9,14,26H,10-13H2,1-5H3,(H,21,23)(H,22,28). The van der Waals surface area contributed by atoms with E-state index in [-0.39, 0.29) is 35.7 Å². The van der Waals surface area contributed by atoms with Crippen LogP contribution < -0.4 is 10.6 Å². The number of benzene rings is 1. The molecule has 8 nitrogen and oxygen atoms in total. The van der Waals surface area contributed by atoms with Gasteiger partial charge in [-0.2, -0.15) is 0 Å². The van der Waals surface area contributed by atoms with Crippen LogP contribution in [-0.2, 0) is 4.79 Å². The summed E-state index contributed by atoms with van der Waals surface area (Å²) in [6.45, 7) is 10.0. The molecule has 1 saturated heterocycles. The Morgan fingerprint density at radius 1 is 1.21 bits per heavy atom. The fourth-order valence-electron chi connectivity index (χ4n) is 3.71. The minimum atomic E-state index is -0.297. The topological polar surface area (TPSA) is 97.3 Å². The number of guanidine groups is 1. The molecular formula is C20H31N5O3. The maximum atomic E-state index is 12.6. The summed E-state index contributed by atoms with van der Waals surface area (Å²) >= 11 is 0. The zero-order valence-corrected chi connectivity index (χ0v) is 17.3. The van der Waals surface area contributed by atoms with Gasteiger partial charge in [0.2, 0.25) is 5.91 Å². The fraction of sp³-hybridized carbons (Fsp3) is 0.550. The van der Waals surface area contributed by atoms with Gasteiger partial charge in [-0.15, -0.1) is 0 Å².